The van der Waals surface area contributed by atoms with Crippen LogP contribution in [0.2, 0.25) is 0 Å². The van der Waals surface area contributed by atoms with Crippen molar-refractivity contribution in [3.8, 4) is 0 Å². The molecule has 0 fully saturated rings. The lowest BCUT2D eigenvalue weighted by molar-refractivity contribution is -0.127. The number of fused-ring (bicyclic) bond motifs is 1. The molecule has 1 aromatic heterocycles. The van der Waals surface area contributed by atoms with Crippen LogP contribution in [-0.4, -0.2) is 45.9 Å². The first-order valence-electron chi connectivity index (χ1n) is 9.50. The van der Waals surface area contributed by atoms with E-state index in [-0.39, 0.29) is 0 Å². The molecule has 164 valence electrons. The first-order valence-corrected chi connectivity index (χ1v) is 9.50. The van der Waals surface area contributed by atoms with Crippen LogP contribution in [0.4, 0.5) is 18.9 Å². The molecule has 0 radical (unpaired) electrons. The van der Waals surface area contributed by atoms with Crippen molar-refractivity contribution < 1.29 is 22.8 Å². The average Bonchev–Trinajstić information content (AvgIpc) is 3.07. The number of benzene rings is 2. The van der Waals surface area contributed by atoms with E-state index in [0.717, 1.165) is 22.9 Å². The molecule has 1 heterocycles. The molecule has 2 aromatic carbocycles. The van der Waals surface area contributed by atoms with Crippen LogP contribution in [-0.2, 0) is 23.2 Å². The molecule has 1 atom stereocenters. The molecule has 0 spiro atoms. The zero-order valence-corrected chi connectivity index (χ0v) is 17.2. The van der Waals surface area contributed by atoms with Crippen LogP contribution in [0.5, 0.6) is 0 Å². The summed E-state index contributed by atoms with van der Waals surface area (Å²) in [5.41, 5.74) is 1.32. The number of nitrogens with one attached hydrogen (secondary N) is 2. The van der Waals surface area contributed by atoms with Gasteiger partial charge in [0.25, 0.3) is 0 Å². The summed E-state index contributed by atoms with van der Waals surface area (Å²) >= 11 is 0. The number of carbonyl (C=O) groups excluding carboxylic acids is 2. The molecule has 10 heteroatoms. The van der Waals surface area contributed by atoms with Crippen molar-refractivity contribution in [2.24, 2.45) is 7.05 Å². The van der Waals surface area contributed by atoms with E-state index in [0.29, 0.717) is 12.6 Å². The van der Waals surface area contributed by atoms with Crippen LogP contribution in [0.3, 0.4) is 0 Å². The van der Waals surface area contributed by atoms with Crippen molar-refractivity contribution >= 4 is 28.5 Å². The second kappa shape index (κ2) is 9.17. The van der Waals surface area contributed by atoms with Gasteiger partial charge in [-0.3, -0.25) is 14.5 Å². The van der Waals surface area contributed by atoms with Crippen LogP contribution in [0.15, 0.2) is 36.4 Å². The van der Waals surface area contributed by atoms with Gasteiger partial charge in [-0.1, -0.05) is 12.1 Å². The molecule has 31 heavy (non-hydrogen) atoms. The average molecular weight is 433 g/mol. The van der Waals surface area contributed by atoms with E-state index < -0.39 is 47.5 Å². The van der Waals surface area contributed by atoms with Gasteiger partial charge < -0.3 is 15.2 Å². The summed E-state index contributed by atoms with van der Waals surface area (Å²) in [5.74, 6) is -4.98. The van der Waals surface area contributed by atoms with Crippen molar-refractivity contribution in [1.29, 1.82) is 0 Å². The molecule has 3 rings (SSSR count). The molecule has 0 saturated carbocycles. The molecule has 0 aliphatic rings. The van der Waals surface area contributed by atoms with Gasteiger partial charge in [0.05, 0.1) is 35.9 Å². The highest BCUT2D eigenvalue weighted by molar-refractivity contribution is 5.95. The van der Waals surface area contributed by atoms with Crippen molar-refractivity contribution in [1.82, 2.24) is 19.8 Å². The Bertz CT molecular complexity index is 1130. The highest BCUT2D eigenvalue weighted by Gasteiger charge is 2.21. The van der Waals surface area contributed by atoms with E-state index in [9.17, 15) is 22.8 Å². The Morgan fingerprint density at radius 2 is 1.84 bits per heavy atom. The minimum atomic E-state index is -1.68. The summed E-state index contributed by atoms with van der Waals surface area (Å²) < 4.78 is 41.8. The van der Waals surface area contributed by atoms with Gasteiger partial charge >= 0.3 is 0 Å². The Hall–Kier alpha value is -3.40. The summed E-state index contributed by atoms with van der Waals surface area (Å²) in [6.07, 6.45) is 0. The molecule has 0 saturated heterocycles. The normalized spacial score (nSPS) is 12.2. The number of halogens is 3. The van der Waals surface area contributed by atoms with E-state index in [2.05, 4.69) is 15.6 Å². The van der Waals surface area contributed by atoms with Crippen molar-refractivity contribution in [3.05, 3.63) is 59.7 Å². The molecule has 7 nitrogen and oxygen atoms in total. The van der Waals surface area contributed by atoms with Gasteiger partial charge in [0, 0.05) is 7.05 Å². The van der Waals surface area contributed by atoms with Crippen molar-refractivity contribution in [3.63, 3.8) is 0 Å². The quantitative estimate of drug-likeness (QED) is 0.562. The summed E-state index contributed by atoms with van der Waals surface area (Å²) in [7, 11) is 3.64. The zero-order chi connectivity index (χ0) is 22.7. The number of para-hydroxylation sites is 2. The van der Waals surface area contributed by atoms with Crippen LogP contribution in [0.1, 0.15) is 12.7 Å². The number of nitrogens with zero attached hydrogens (tertiary/aromatic N) is 3. The number of aromatic nitrogens is 2. The molecule has 2 amide bonds. The van der Waals surface area contributed by atoms with Gasteiger partial charge in [-0.25, -0.2) is 18.2 Å². The lowest BCUT2D eigenvalue weighted by Gasteiger charge is -2.23. The van der Waals surface area contributed by atoms with E-state index in [1.165, 1.54) is 0 Å². The fourth-order valence-electron chi connectivity index (χ4n) is 3.03. The molecule has 3 aromatic rings. The Morgan fingerprint density at radius 3 is 2.55 bits per heavy atom. The third-order valence-corrected chi connectivity index (χ3v) is 5.04. The molecule has 0 aliphatic heterocycles. The Morgan fingerprint density at radius 1 is 1.13 bits per heavy atom. The molecule has 0 unspecified atom stereocenters. The minimum Gasteiger partial charge on any atom is -0.346 e. The Kier molecular flexibility index (Phi) is 6.59. The maximum absolute atomic E-state index is 13.6. The van der Waals surface area contributed by atoms with Crippen molar-refractivity contribution in [2.75, 3.05) is 18.9 Å². The van der Waals surface area contributed by atoms with Crippen molar-refractivity contribution in [2.45, 2.75) is 19.5 Å². The van der Waals surface area contributed by atoms with Gasteiger partial charge in [-0.15, -0.1) is 0 Å². The van der Waals surface area contributed by atoms with Gasteiger partial charge in [0.15, 0.2) is 17.5 Å². The maximum atomic E-state index is 13.6. The molecule has 0 aliphatic carbocycles. The van der Waals surface area contributed by atoms with Crippen LogP contribution in [0, 0.1) is 17.5 Å². The summed E-state index contributed by atoms with van der Waals surface area (Å²) in [5, 5.41) is 4.55. The van der Waals surface area contributed by atoms with Gasteiger partial charge in [-0.2, -0.15) is 0 Å². The number of imidazole rings is 1. The highest BCUT2D eigenvalue weighted by atomic mass is 19.2. The molecular weight excluding hydrogens is 411 g/mol. The second-order valence-corrected chi connectivity index (χ2v) is 7.16. The first-order chi connectivity index (χ1) is 14.7. The third-order valence-electron chi connectivity index (χ3n) is 5.04. The summed E-state index contributed by atoms with van der Waals surface area (Å²) in [6, 6.07) is 8.69. The number of hydrogen-bond donors (Lipinski definition) is 2. The fourth-order valence-corrected chi connectivity index (χ4v) is 3.03. The SMILES string of the molecule is C[C@@H](C(=O)NCC(=O)Nc1ccc(F)c(F)c1F)N(C)Cc1nc2ccccc2n1C. The number of likely N-dealkylation sites (N-methyl/N-ethyl adjacent to an activating group) is 1. The molecular formula is C21H22F3N5O2. The number of aryl methyl sites for hydroxylation is 1. The van der Waals surface area contributed by atoms with Gasteiger partial charge in [0.1, 0.15) is 5.82 Å². The number of carbonyl (C=O) groups is 2. The molecule has 2 N–H and O–H groups in total. The number of anilines is 1. The van der Waals surface area contributed by atoms with E-state index >= 15 is 0 Å². The highest BCUT2D eigenvalue weighted by Crippen LogP contribution is 2.19. The summed E-state index contributed by atoms with van der Waals surface area (Å²) in [6.45, 7) is 1.61. The van der Waals surface area contributed by atoms with E-state index in [1.54, 1.807) is 18.9 Å². The van der Waals surface area contributed by atoms with E-state index in [4.69, 9.17) is 0 Å². The zero-order valence-electron chi connectivity index (χ0n) is 17.2. The van der Waals surface area contributed by atoms with Crippen LogP contribution in [0.25, 0.3) is 11.0 Å². The predicted octanol–water partition coefficient (Wildman–Crippen LogP) is 2.57. The van der Waals surface area contributed by atoms with Gasteiger partial charge in [0.2, 0.25) is 11.8 Å². The Balaban J connectivity index is 1.55. The number of amides is 2. The van der Waals surface area contributed by atoms with Crippen LogP contribution < -0.4 is 10.6 Å². The van der Waals surface area contributed by atoms with E-state index in [1.807, 2.05) is 35.9 Å². The topological polar surface area (TPSA) is 79.3 Å². The smallest absolute Gasteiger partial charge is 0.243 e. The Labute approximate surface area is 176 Å². The lowest BCUT2D eigenvalue weighted by Crippen LogP contribution is -2.45. The lowest BCUT2D eigenvalue weighted by atomic mass is 10.2. The molecule has 0 bridgehead atoms. The predicted molar refractivity (Wildman–Crippen MR) is 110 cm³/mol. The number of rotatable bonds is 7. The fraction of sp³-hybridized carbons (Fsp3) is 0.286. The standard InChI is InChI=1S/C21H22F3N5O2/c1-12(28(2)11-17-26-14-6-4-5-7-16(14)29(17)3)21(31)25-10-18(30)27-15-9-8-13(22)19(23)20(15)24/h4-9,12H,10-11H2,1-3H3,(H,25,31)(H,27,30)/t12-/m0/s1. The van der Waals surface area contributed by atoms with Crippen LogP contribution >= 0.6 is 0 Å². The summed E-state index contributed by atoms with van der Waals surface area (Å²) in [4.78, 5) is 30.7. The number of hydrogen-bond acceptors (Lipinski definition) is 4. The third kappa shape index (κ3) is 4.85. The van der Waals surface area contributed by atoms with Gasteiger partial charge in [-0.05, 0) is 38.2 Å². The first kappa shape index (κ1) is 22.3. The minimum absolute atomic E-state index is 0.395. The second-order valence-electron chi connectivity index (χ2n) is 7.16. The largest absolute Gasteiger partial charge is 0.346 e. The maximum Gasteiger partial charge on any atom is 0.243 e. The monoisotopic (exact) mass is 433 g/mol.